The maximum atomic E-state index is 12.0. The summed E-state index contributed by atoms with van der Waals surface area (Å²) in [6, 6.07) is 15.7. The average molecular weight is 398 g/mol. The summed E-state index contributed by atoms with van der Waals surface area (Å²) in [7, 11) is 0. The maximum Gasteiger partial charge on any atom is 0.338 e. The number of hydrogen-bond donors (Lipinski definition) is 5. The van der Waals surface area contributed by atoms with Gasteiger partial charge in [0.15, 0.2) is 0 Å². The SMILES string of the molecule is NC(=O)N(NC(=O)CCCC(=O)NNC(=O)Nc1ccccc1)c1ccccc1. The van der Waals surface area contributed by atoms with E-state index in [1.165, 1.54) is 0 Å². The first-order valence-electron chi connectivity index (χ1n) is 8.80. The van der Waals surface area contributed by atoms with Crippen LogP contribution in [0.1, 0.15) is 19.3 Å². The molecule has 0 atom stereocenters. The molecule has 0 unspecified atom stereocenters. The first-order chi connectivity index (χ1) is 14.0. The normalized spacial score (nSPS) is 9.79. The van der Waals surface area contributed by atoms with E-state index < -0.39 is 23.9 Å². The van der Waals surface area contributed by atoms with Gasteiger partial charge >= 0.3 is 12.1 Å². The predicted octanol–water partition coefficient (Wildman–Crippen LogP) is 1.63. The highest BCUT2D eigenvalue weighted by Crippen LogP contribution is 2.10. The number of hydrazine groups is 2. The van der Waals surface area contributed by atoms with E-state index in [2.05, 4.69) is 21.6 Å². The van der Waals surface area contributed by atoms with Crippen LogP contribution >= 0.6 is 0 Å². The number of rotatable bonds is 6. The molecule has 2 aromatic rings. The summed E-state index contributed by atoms with van der Waals surface area (Å²) in [6.07, 6.45) is 0.197. The lowest BCUT2D eigenvalue weighted by Crippen LogP contribution is -2.49. The molecule has 0 aliphatic rings. The molecular formula is C19H22N6O4. The lowest BCUT2D eigenvalue weighted by Gasteiger charge is -2.21. The van der Waals surface area contributed by atoms with Crippen LogP contribution in [0.5, 0.6) is 0 Å². The Kier molecular flexibility index (Phi) is 7.99. The zero-order chi connectivity index (χ0) is 21.1. The lowest BCUT2D eigenvalue weighted by atomic mass is 10.2. The second-order valence-electron chi connectivity index (χ2n) is 5.89. The molecule has 10 heteroatoms. The minimum atomic E-state index is -0.837. The van der Waals surface area contributed by atoms with E-state index in [1.54, 1.807) is 54.6 Å². The summed E-state index contributed by atoms with van der Waals surface area (Å²) in [6.45, 7) is 0. The summed E-state index contributed by atoms with van der Waals surface area (Å²) in [4.78, 5) is 47.0. The Morgan fingerprint density at radius 2 is 1.38 bits per heavy atom. The van der Waals surface area contributed by atoms with E-state index in [-0.39, 0.29) is 19.3 Å². The number of nitrogens with zero attached hydrogens (tertiary/aromatic N) is 1. The molecule has 0 aliphatic heterocycles. The van der Waals surface area contributed by atoms with Crippen LogP contribution in [0.25, 0.3) is 0 Å². The van der Waals surface area contributed by atoms with Crippen molar-refractivity contribution >= 4 is 35.3 Å². The lowest BCUT2D eigenvalue weighted by molar-refractivity contribution is -0.122. The molecule has 0 aromatic heterocycles. The van der Waals surface area contributed by atoms with E-state index in [0.29, 0.717) is 11.4 Å². The molecule has 0 saturated carbocycles. The largest absolute Gasteiger partial charge is 0.350 e. The Hall–Kier alpha value is -4.08. The van der Waals surface area contributed by atoms with Crippen molar-refractivity contribution in [1.29, 1.82) is 0 Å². The molecule has 0 heterocycles. The number of amides is 6. The molecule has 10 nitrogen and oxygen atoms in total. The van der Waals surface area contributed by atoms with E-state index >= 15 is 0 Å². The van der Waals surface area contributed by atoms with E-state index in [4.69, 9.17) is 5.73 Å². The minimum absolute atomic E-state index is 0.000938. The summed E-state index contributed by atoms with van der Waals surface area (Å²) in [5, 5.41) is 3.47. The van der Waals surface area contributed by atoms with Gasteiger partial charge in [-0.1, -0.05) is 36.4 Å². The highest BCUT2D eigenvalue weighted by molar-refractivity contribution is 5.94. The highest BCUT2D eigenvalue weighted by Gasteiger charge is 2.15. The molecular weight excluding hydrogens is 376 g/mol. The molecule has 29 heavy (non-hydrogen) atoms. The highest BCUT2D eigenvalue weighted by atomic mass is 16.2. The number of carbonyl (C=O) groups excluding carboxylic acids is 4. The fourth-order valence-corrected chi connectivity index (χ4v) is 2.29. The van der Waals surface area contributed by atoms with Crippen LogP contribution in [0.15, 0.2) is 60.7 Å². The van der Waals surface area contributed by atoms with Gasteiger partial charge in [-0.2, -0.15) is 0 Å². The fraction of sp³-hybridized carbons (Fsp3) is 0.158. The molecule has 6 N–H and O–H groups in total. The molecule has 152 valence electrons. The van der Waals surface area contributed by atoms with Gasteiger partial charge in [0.05, 0.1) is 5.69 Å². The van der Waals surface area contributed by atoms with Gasteiger partial charge in [-0.05, 0) is 30.7 Å². The Morgan fingerprint density at radius 3 is 2.00 bits per heavy atom. The second-order valence-corrected chi connectivity index (χ2v) is 5.89. The number of hydrogen-bond acceptors (Lipinski definition) is 4. The van der Waals surface area contributed by atoms with Gasteiger partial charge in [0.25, 0.3) is 0 Å². The van der Waals surface area contributed by atoms with E-state index in [0.717, 1.165) is 5.01 Å². The molecule has 2 aromatic carbocycles. The molecule has 0 bridgehead atoms. The smallest absolute Gasteiger partial charge is 0.338 e. The van der Waals surface area contributed by atoms with Crippen molar-refractivity contribution in [2.24, 2.45) is 5.73 Å². The topological polar surface area (TPSA) is 146 Å². The monoisotopic (exact) mass is 398 g/mol. The van der Waals surface area contributed by atoms with Gasteiger partial charge < -0.3 is 11.1 Å². The number of primary amides is 1. The number of para-hydroxylation sites is 2. The van der Waals surface area contributed by atoms with Crippen LogP contribution in [0.3, 0.4) is 0 Å². The second kappa shape index (κ2) is 10.9. The third-order valence-corrected chi connectivity index (χ3v) is 3.63. The minimum Gasteiger partial charge on any atom is -0.350 e. The quantitative estimate of drug-likeness (QED) is 0.471. The number of carbonyl (C=O) groups is 4. The van der Waals surface area contributed by atoms with E-state index in [9.17, 15) is 19.2 Å². The third-order valence-electron chi connectivity index (χ3n) is 3.63. The van der Waals surface area contributed by atoms with Crippen molar-refractivity contribution in [2.75, 3.05) is 10.3 Å². The summed E-state index contributed by atoms with van der Waals surface area (Å²) in [5.74, 6) is -0.939. The maximum absolute atomic E-state index is 12.0. The Bertz CT molecular complexity index is 844. The summed E-state index contributed by atoms with van der Waals surface area (Å²) < 4.78 is 0. The van der Waals surface area contributed by atoms with Crippen LogP contribution in [-0.4, -0.2) is 23.9 Å². The fourth-order valence-electron chi connectivity index (χ4n) is 2.29. The zero-order valence-corrected chi connectivity index (χ0v) is 15.6. The van der Waals surface area contributed by atoms with Crippen molar-refractivity contribution in [3.8, 4) is 0 Å². The van der Waals surface area contributed by atoms with Crippen molar-refractivity contribution in [3.63, 3.8) is 0 Å². The average Bonchev–Trinajstić information content (AvgIpc) is 2.71. The standard InChI is InChI=1S/C19H22N6O4/c20-18(28)25(15-10-5-2-6-11-15)24-17(27)13-7-12-16(26)22-23-19(29)21-14-8-3-1-4-9-14/h1-6,8-11H,7,12-13H2,(H2,20,28)(H,22,26)(H,24,27)(H2,21,23,29). The first-order valence-corrected chi connectivity index (χ1v) is 8.80. The van der Waals surface area contributed by atoms with E-state index in [1.807, 2.05) is 6.07 Å². The number of anilines is 2. The summed E-state index contributed by atoms with van der Waals surface area (Å²) in [5.41, 5.74) is 13.1. The van der Waals surface area contributed by atoms with Crippen molar-refractivity contribution in [3.05, 3.63) is 60.7 Å². The molecule has 0 spiro atoms. The summed E-state index contributed by atoms with van der Waals surface area (Å²) >= 11 is 0. The first kappa shape index (κ1) is 21.2. The van der Waals surface area contributed by atoms with Gasteiger partial charge in [0.2, 0.25) is 11.8 Å². The van der Waals surface area contributed by atoms with Crippen LogP contribution < -0.4 is 32.3 Å². The Balaban J connectivity index is 1.67. The molecule has 6 amide bonds. The molecule has 0 fully saturated rings. The number of urea groups is 2. The van der Waals surface area contributed by atoms with Gasteiger partial charge in [-0.25, -0.2) is 20.0 Å². The number of benzene rings is 2. The molecule has 0 saturated heterocycles. The van der Waals surface area contributed by atoms with Crippen LogP contribution in [0, 0.1) is 0 Å². The number of nitrogens with two attached hydrogens (primary N) is 1. The third kappa shape index (κ3) is 7.59. The number of nitrogens with one attached hydrogen (secondary N) is 4. The van der Waals surface area contributed by atoms with Crippen molar-refractivity contribution < 1.29 is 19.2 Å². The Labute approximate surface area is 167 Å². The van der Waals surface area contributed by atoms with Crippen molar-refractivity contribution in [1.82, 2.24) is 16.3 Å². The molecule has 2 rings (SSSR count). The predicted molar refractivity (Wildman–Crippen MR) is 107 cm³/mol. The van der Waals surface area contributed by atoms with Gasteiger partial charge in [0, 0.05) is 18.5 Å². The van der Waals surface area contributed by atoms with Gasteiger partial charge in [-0.3, -0.25) is 20.4 Å². The van der Waals surface area contributed by atoms with Gasteiger partial charge in [-0.15, -0.1) is 0 Å². The zero-order valence-electron chi connectivity index (χ0n) is 15.6. The molecule has 0 radical (unpaired) electrons. The molecule has 0 aliphatic carbocycles. The van der Waals surface area contributed by atoms with Crippen LogP contribution in [0.4, 0.5) is 21.0 Å². The van der Waals surface area contributed by atoms with Crippen molar-refractivity contribution in [2.45, 2.75) is 19.3 Å². The van der Waals surface area contributed by atoms with Crippen LogP contribution in [-0.2, 0) is 9.59 Å². The van der Waals surface area contributed by atoms with Crippen LogP contribution in [0.2, 0.25) is 0 Å². The van der Waals surface area contributed by atoms with Gasteiger partial charge in [0.1, 0.15) is 0 Å². The Morgan fingerprint density at radius 1 is 0.793 bits per heavy atom.